The molecule has 0 amide bonds. The van der Waals surface area contributed by atoms with Crippen molar-refractivity contribution in [1.29, 1.82) is 0 Å². The molecule has 1 aliphatic rings. The van der Waals surface area contributed by atoms with Gasteiger partial charge in [0, 0.05) is 0 Å². The van der Waals surface area contributed by atoms with E-state index in [9.17, 15) is 0 Å². The molecule has 0 bridgehead atoms. The van der Waals surface area contributed by atoms with Crippen LogP contribution in [0.2, 0.25) is 0 Å². The minimum absolute atomic E-state index is 0.135. The second-order valence-corrected chi connectivity index (χ2v) is 4.03. The van der Waals surface area contributed by atoms with Gasteiger partial charge in [-0.25, -0.2) is 0 Å². The van der Waals surface area contributed by atoms with E-state index in [1.807, 2.05) is 13.0 Å². The summed E-state index contributed by atoms with van der Waals surface area (Å²) in [6.07, 6.45) is 4.95. The van der Waals surface area contributed by atoms with Crippen molar-refractivity contribution < 1.29 is 0 Å². The van der Waals surface area contributed by atoms with Crippen molar-refractivity contribution in [2.24, 2.45) is 0 Å². The lowest BCUT2D eigenvalue weighted by Gasteiger charge is -2.06. The number of alkyl halides is 1. The molecule has 0 radical (unpaired) electrons. The van der Waals surface area contributed by atoms with Gasteiger partial charge in [-0.2, -0.15) is 0 Å². The number of benzene rings is 1. The van der Waals surface area contributed by atoms with Crippen molar-refractivity contribution in [3.05, 3.63) is 47.5 Å². The van der Waals surface area contributed by atoms with Crippen molar-refractivity contribution in [1.82, 2.24) is 0 Å². The van der Waals surface area contributed by atoms with Crippen LogP contribution in [0.4, 0.5) is 0 Å². The van der Waals surface area contributed by atoms with Crippen LogP contribution in [0.5, 0.6) is 0 Å². The van der Waals surface area contributed by atoms with Gasteiger partial charge in [-0.3, -0.25) is 0 Å². The molecular formula is C13H13Cl. The Labute approximate surface area is 89.9 Å². The summed E-state index contributed by atoms with van der Waals surface area (Å²) < 4.78 is 0. The van der Waals surface area contributed by atoms with E-state index in [1.54, 1.807) is 0 Å². The molecule has 14 heavy (non-hydrogen) atoms. The number of hydrogen-bond donors (Lipinski definition) is 0. The number of fused-ring (bicyclic) bond motifs is 1. The Morgan fingerprint density at radius 2 is 2.29 bits per heavy atom. The Morgan fingerprint density at radius 1 is 1.50 bits per heavy atom. The van der Waals surface area contributed by atoms with Crippen LogP contribution in [0.3, 0.4) is 0 Å². The summed E-state index contributed by atoms with van der Waals surface area (Å²) in [7, 11) is 0. The highest BCUT2D eigenvalue weighted by molar-refractivity contribution is 6.27. The molecule has 0 saturated heterocycles. The van der Waals surface area contributed by atoms with Gasteiger partial charge >= 0.3 is 0 Å². The molecule has 72 valence electrons. The summed E-state index contributed by atoms with van der Waals surface area (Å²) in [4.78, 5) is 0. The molecular weight excluding hydrogens is 192 g/mol. The molecule has 0 saturated carbocycles. The minimum Gasteiger partial charge on any atom is -0.117 e. The van der Waals surface area contributed by atoms with Crippen molar-refractivity contribution in [3.63, 3.8) is 0 Å². The van der Waals surface area contributed by atoms with Crippen LogP contribution < -0.4 is 0 Å². The first kappa shape index (κ1) is 9.54. The third-order valence-corrected chi connectivity index (χ3v) is 3.13. The Morgan fingerprint density at radius 3 is 2.93 bits per heavy atom. The first-order valence-corrected chi connectivity index (χ1v) is 5.26. The van der Waals surface area contributed by atoms with Gasteiger partial charge in [-0.1, -0.05) is 36.9 Å². The zero-order chi connectivity index (χ0) is 10.1. The number of hydrogen-bond acceptors (Lipinski definition) is 0. The topological polar surface area (TPSA) is 0 Å². The highest BCUT2D eigenvalue weighted by atomic mass is 35.5. The van der Waals surface area contributed by atoms with Crippen LogP contribution in [0, 0.1) is 0 Å². The maximum Gasteiger partial charge on any atom is 0.0628 e. The molecule has 0 heterocycles. The summed E-state index contributed by atoms with van der Waals surface area (Å²) in [5.74, 6) is 0. The fourth-order valence-corrected chi connectivity index (χ4v) is 2.50. The quantitative estimate of drug-likeness (QED) is 0.609. The second kappa shape index (κ2) is 3.62. The molecule has 0 fully saturated rings. The van der Waals surface area contributed by atoms with Crippen molar-refractivity contribution in [2.45, 2.75) is 18.7 Å². The third kappa shape index (κ3) is 1.31. The Hall–Kier alpha value is -1.01. The summed E-state index contributed by atoms with van der Waals surface area (Å²) in [6, 6.07) is 6.30. The molecule has 0 nitrogen and oxygen atoms in total. The average Bonchev–Trinajstić information content (AvgIpc) is 2.52. The van der Waals surface area contributed by atoms with Crippen LogP contribution in [-0.2, 0) is 6.42 Å². The average molecular weight is 205 g/mol. The lowest BCUT2D eigenvalue weighted by molar-refractivity contribution is 1.09. The maximum absolute atomic E-state index is 6.27. The fraction of sp³-hybridized carbons (Fsp3) is 0.231. The smallest absolute Gasteiger partial charge is 0.0628 e. The van der Waals surface area contributed by atoms with Gasteiger partial charge in [0.15, 0.2) is 0 Å². The van der Waals surface area contributed by atoms with Crippen LogP contribution in [0.15, 0.2) is 30.9 Å². The SMILES string of the molecule is C=Cc1cccc2c1/C(=C\C)C(Cl)C2. The molecule has 1 aromatic rings. The zero-order valence-corrected chi connectivity index (χ0v) is 9.01. The number of halogens is 1. The lowest BCUT2D eigenvalue weighted by Crippen LogP contribution is -1.94. The third-order valence-electron chi connectivity index (χ3n) is 2.74. The van der Waals surface area contributed by atoms with E-state index in [2.05, 4.69) is 30.9 Å². The maximum atomic E-state index is 6.27. The van der Waals surface area contributed by atoms with Gasteiger partial charge in [0.2, 0.25) is 0 Å². The van der Waals surface area contributed by atoms with E-state index in [0.717, 1.165) is 6.42 Å². The van der Waals surface area contributed by atoms with Crippen molar-refractivity contribution in [2.75, 3.05) is 0 Å². The lowest BCUT2D eigenvalue weighted by atomic mass is 10.0. The Bertz CT molecular complexity index is 402. The monoisotopic (exact) mass is 204 g/mol. The molecule has 0 N–H and O–H groups in total. The molecule has 1 aliphatic carbocycles. The summed E-state index contributed by atoms with van der Waals surface area (Å²) in [5.41, 5.74) is 5.08. The van der Waals surface area contributed by atoms with E-state index >= 15 is 0 Å². The molecule has 2 rings (SSSR count). The van der Waals surface area contributed by atoms with Crippen LogP contribution in [0.1, 0.15) is 23.6 Å². The second-order valence-electron chi connectivity index (χ2n) is 3.50. The summed E-state index contributed by atoms with van der Waals surface area (Å²) >= 11 is 6.27. The molecule has 1 aromatic carbocycles. The van der Waals surface area contributed by atoms with Gasteiger partial charge in [-0.15, -0.1) is 11.6 Å². The minimum atomic E-state index is 0.135. The van der Waals surface area contributed by atoms with Crippen molar-refractivity contribution >= 4 is 23.3 Å². The highest BCUT2D eigenvalue weighted by Gasteiger charge is 2.25. The summed E-state index contributed by atoms with van der Waals surface area (Å²) in [5, 5.41) is 0.135. The Balaban J connectivity index is 2.66. The molecule has 1 heteroatoms. The van der Waals surface area contributed by atoms with Gasteiger partial charge in [-0.05, 0) is 35.6 Å². The molecule has 0 aromatic heterocycles. The summed E-state index contributed by atoms with van der Waals surface area (Å²) in [6.45, 7) is 5.87. The van der Waals surface area contributed by atoms with Crippen LogP contribution in [-0.4, -0.2) is 5.38 Å². The normalized spacial score (nSPS) is 22.4. The largest absolute Gasteiger partial charge is 0.117 e. The number of rotatable bonds is 1. The molecule has 0 aliphatic heterocycles. The van der Waals surface area contributed by atoms with E-state index < -0.39 is 0 Å². The van der Waals surface area contributed by atoms with Crippen molar-refractivity contribution in [3.8, 4) is 0 Å². The molecule has 1 atom stereocenters. The first-order valence-electron chi connectivity index (χ1n) is 4.83. The predicted molar refractivity (Wildman–Crippen MR) is 63.5 cm³/mol. The van der Waals surface area contributed by atoms with Crippen LogP contribution >= 0.6 is 11.6 Å². The highest BCUT2D eigenvalue weighted by Crippen LogP contribution is 2.38. The standard InChI is InChI=1S/C13H13Cl/c1-3-9-6-5-7-10-8-12(14)11(4-2)13(9)10/h3-7,12H,1,8H2,2H3/b11-4-. The van der Waals surface area contributed by atoms with Crippen LogP contribution in [0.25, 0.3) is 11.6 Å². The predicted octanol–water partition coefficient (Wildman–Crippen LogP) is 3.90. The van der Waals surface area contributed by atoms with E-state index in [-0.39, 0.29) is 5.38 Å². The zero-order valence-electron chi connectivity index (χ0n) is 8.26. The van der Waals surface area contributed by atoms with Gasteiger partial charge in [0.25, 0.3) is 0 Å². The van der Waals surface area contributed by atoms with Gasteiger partial charge < -0.3 is 0 Å². The fourth-order valence-electron chi connectivity index (χ4n) is 2.10. The van der Waals surface area contributed by atoms with Gasteiger partial charge in [0.1, 0.15) is 0 Å². The van der Waals surface area contributed by atoms with Gasteiger partial charge in [0.05, 0.1) is 5.38 Å². The molecule has 1 unspecified atom stereocenters. The van der Waals surface area contributed by atoms with E-state index in [4.69, 9.17) is 11.6 Å². The number of allylic oxidation sites excluding steroid dienone is 2. The van der Waals surface area contributed by atoms with E-state index in [1.165, 1.54) is 22.3 Å². The first-order chi connectivity index (χ1) is 6.77. The van der Waals surface area contributed by atoms with E-state index in [0.29, 0.717) is 0 Å². The molecule has 0 spiro atoms. The Kier molecular flexibility index (Phi) is 2.47.